The van der Waals surface area contributed by atoms with E-state index in [4.69, 9.17) is 35.3 Å². The highest BCUT2D eigenvalue weighted by molar-refractivity contribution is 6.29. The number of hydrogen-bond donors (Lipinski definition) is 4. The van der Waals surface area contributed by atoms with Gasteiger partial charge in [-0.3, -0.25) is 4.79 Å². The van der Waals surface area contributed by atoms with Gasteiger partial charge in [0.25, 0.3) is 5.79 Å². The summed E-state index contributed by atoms with van der Waals surface area (Å²) in [6.07, 6.45) is 3.91. The van der Waals surface area contributed by atoms with E-state index in [1.165, 1.54) is 26.4 Å². The fourth-order valence-electron chi connectivity index (χ4n) is 8.63. The van der Waals surface area contributed by atoms with Crippen LogP contribution in [0.25, 0.3) is 0 Å². The van der Waals surface area contributed by atoms with Crippen molar-refractivity contribution in [3.05, 3.63) is 70.0 Å². The standard InChI is InChI=1S/C33H37ClO10/c1-16(2)7-8-30-25(37)18(11-22(36)26(30)44-30)20-12-28(4)15-29(27(38)41-6)13-24(40-5)31(28,34)32(20,39)33(29)42-14-19-21(35)9-17(3)10-23(19)43-33/h7,9-13,22,25-26,35-37,39H,8,14-15H2,1-6H3/t22-,25+,26-,28-,29-,30+,31-,32+,33-/m0/s1. The zero-order valence-corrected chi connectivity index (χ0v) is 26.2. The van der Waals surface area contributed by atoms with E-state index in [-0.39, 0.29) is 41.4 Å². The number of carbonyl (C=O) groups excluding carboxylic acids is 1. The first kappa shape index (κ1) is 29.8. The summed E-state index contributed by atoms with van der Waals surface area (Å²) in [5, 5.41) is 47.4. The molecule has 1 aromatic rings. The van der Waals surface area contributed by atoms with Gasteiger partial charge in [-0.2, -0.15) is 0 Å². The Labute approximate surface area is 260 Å². The highest BCUT2D eigenvalue weighted by atomic mass is 35.5. The number of ether oxygens (including phenoxy) is 5. The van der Waals surface area contributed by atoms with Crippen LogP contribution in [-0.2, 0) is 30.3 Å². The Hall–Kier alpha value is -2.86. The van der Waals surface area contributed by atoms with E-state index in [2.05, 4.69) is 0 Å². The Morgan fingerprint density at radius 1 is 1.20 bits per heavy atom. The third-order valence-corrected chi connectivity index (χ3v) is 11.6. The summed E-state index contributed by atoms with van der Waals surface area (Å²) in [4.78, 5) is 12.2. The Kier molecular flexibility index (Phi) is 6.03. The number of esters is 1. The van der Waals surface area contributed by atoms with Crippen LogP contribution in [0.3, 0.4) is 0 Å². The molecule has 44 heavy (non-hydrogen) atoms. The van der Waals surface area contributed by atoms with E-state index < -0.39 is 57.0 Å². The molecule has 2 fully saturated rings. The molecule has 0 amide bonds. The van der Waals surface area contributed by atoms with Gasteiger partial charge < -0.3 is 44.1 Å². The number of aromatic hydroxyl groups is 1. The maximum atomic E-state index is 14.1. The van der Waals surface area contributed by atoms with Crippen LogP contribution in [-0.4, -0.2) is 80.8 Å². The Bertz CT molecular complexity index is 1630. The van der Waals surface area contributed by atoms with E-state index in [0.717, 1.165) is 5.57 Å². The van der Waals surface area contributed by atoms with Crippen LogP contribution in [0.15, 0.2) is 58.9 Å². The number of methoxy groups -OCH3 is 2. The molecule has 1 spiro atoms. The van der Waals surface area contributed by atoms with Crippen LogP contribution in [0.1, 0.15) is 44.7 Å². The Balaban J connectivity index is 1.49. The second kappa shape index (κ2) is 8.90. The fraction of sp³-hybridized carbons (Fsp3) is 0.545. The van der Waals surface area contributed by atoms with Crippen molar-refractivity contribution in [2.75, 3.05) is 14.2 Å². The zero-order chi connectivity index (χ0) is 31.8. The van der Waals surface area contributed by atoms with Gasteiger partial charge in [0, 0.05) is 11.8 Å². The molecule has 0 aromatic heterocycles. The molecule has 5 aliphatic carbocycles. The number of aliphatic hydroxyl groups excluding tert-OH is 2. The predicted octanol–water partition coefficient (Wildman–Crippen LogP) is 3.22. The maximum absolute atomic E-state index is 14.1. The van der Waals surface area contributed by atoms with Gasteiger partial charge in [-0.15, -0.1) is 11.6 Å². The summed E-state index contributed by atoms with van der Waals surface area (Å²) in [7, 11) is 2.63. The summed E-state index contributed by atoms with van der Waals surface area (Å²) in [5.74, 6) is -2.78. The zero-order valence-electron chi connectivity index (χ0n) is 25.4. The van der Waals surface area contributed by atoms with Crippen LogP contribution in [0.4, 0.5) is 0 Å². The first-order chi connectivity index (χ1) is 20.6. The van der Waals surface area contributed by atoms with Crippen molar-refractivity contribution >= 4 is 17.6 Å². The number of allylic oxidation sites excluding steroid dienone is 2. The Morgan fingerprint density at radius 3 is 2.59 bits per heavy atom. The molecule has 2 heterocycles. The van der Waals surface area contributed by atoms with Crippen LogP contribution >= 0.6 is 11.6 Å². The number of rotatable bonds is 5. The number of hydrogen-bond acceptors (Lipinski definition) is 10. The second-order valence-corrected chi connectivity index (χ2v) is 14.0. The monoisotopic (exact) mass is 628 g/mol. The maximum Gasteiger partial charge on any atom is 0.322 e. The number of carbonyl (C=O) groups is 1. The summed E-state index contributed by atoms with van der Waals surface area (Å²) >= 11 is 7.65. The predicted molar refractivity (Wildman–Crippen MR) is 157 cm³/mol. The van der Waals surface area contributed by atoms with Crippen molar-refractivity contribution in [1.29, 1.82) is 0 Å². The van der Waals surface area contributed by atoms with E-state index in [9.17, 15) is 25.2 Å². The number of fused-ring (bicyclic) bond motifs is 2. The molecular weight excluding hydrogens is 592 g/mol. The molecule has 10 nitrogen and oxygen atoms in total. The van der Waals surface area contributed by atoms with Gasteiger partial charge in [-0.1, -0.05) is 24.6 Å². The number of phenols is 1. The number of aliphatic hydroxyl groups is 3. The smallest absolute Gasteiger partial charge is 0.322 e. The topological polar surface area (TPSA) is 147 Å². The minimum Gasteiger partial charge on any atom is -0.507 e. The molecule has 7 aliphatic rings. The summed E-state index contributed by atoms with van der Waals surface area (Å²) < 4.78 is 30.3. The molecule has 1 saturated heterocycles. The molecule has 236 valence electrons. The molecule has 4 N–H and O–H groups in total. The van der Waals surface area contributed by atoms with Gasteiger partial charge in [0.1, 0.15) is 46.0 Å². The number of alkyl halides is 1. The molecule has 0 radical (unpaired) electrons. The molecule has 1 saturated carbocycles. The van der Waals surface area contributed by atoms with E-state index in [1.807, 2.05) is 19.9 Å². The van der Waals surface area contributed by atoms with E-state index in [1.54, 1.807) is 32.1 Å². The average molecular weight is 629 g/mol. The Morgan fingerprint density at radius 2 is 1.93 bits per heavy atom. The van der Waals surface area contributed by atoms with Crippen molar-refractivity contribution in [2.24, 2.45) is 10.8 Å². The molecule has 2 aliphatic heterocycles. The minimum atomic E-state index is -2.41. The lowest BCUT2D eigenvalue weighted by atomic mass is 9.46. The molecule has 11 heteroatoms. The van der Waals surface area contributed by atoms with Crippen molar-refractivity contribution in [1.82, 2.24) is 0 Å². The number of benzene rings is 1. The number of aryl methyl sites for hydroxylation is 1. The van der Waals surface area contributed by atoms with E-state index >= 15 is 0 Å². The molecule has 9 atom stereocenters. The first-order valence-electron chi connectivity index (χ1n) is 14.7. The quantitative estimate of drug-likeness (QED) is 0.166. The lowest BCUT2D eigenvalue weighted by molar-refractivity contribution is -0.360. The number of halogens is 1. The second-order valence-electron chi connectivity index (χ2n) is 13.5. The van der Waals surface area contributed by atoms with Crippen LogP contribution < -0.4 is 4.74 Å². The van der Waals surface area contributed by atoms with Gasteiger partial charge in [0.2, 0.25) is 0 Å². The number of phenolic OH excluding ortho intramolecular Hbond substituents is 1. The van der Waals surface area contributed by atoms with Gasteiger partial charge in [-0.25, -0.2) is 0 Å². The van der Waals surface area contributed by atoms with Gasteiger partial charge in [0.15, 0.2) is 11.0 Å². The van der Waals surface area contributed by atoms with Gasteiger partial charge >= 0.3 is 5.97 Å². The highest BCUT2D eigenvalue weighted by Gasteiger charge is 2.91. The largest absolute Gasteiger partial charge is 0.507 e. The van der Waals surface area contributed by atoms with Crippen LogP contribution in [0.2, 0.25) is 0 Å². The first-order valence-corrected chi connectivity index (χ1v) is 15.0. The summed E-state index contributed by atoms with van der Waals surface area (Å²) in [6.45, 7) is 7.19. The lowest BCUT2D eigenvalue weighted by Crippen LogP contribution is -2.84. The van der Waals surface area contributed by atoms with Crippen molar-refractivity contribution in [2.45, 2.75) is 87.3 Å². The SMILES string of the molecule is COC(=O)[C@]12C=C(OC)[C@@]3(Cl)[C@](O)(C(C4=C[C@H](O)[C@@H]5O[C@]5(CC=C(C)C)[C@@H]4O)=C[C@@]3(C)C1)[C@]21OCc2c(O)cc(C)cc2O1. The van der Waals surface area contributed by atoms with E-state index in [0.29, 0.717) is 17.5 Å². The summed E-state index contributed by atoms with van der Waals surface area (Å²) in [5.41, 5.74) is -4.19. The molecule has 1 aromatic carbocycles. The van der Waals surface area contributed by atoms with Crippen molar-refractivity contribution < 1.29 is 48.9 Å². The molecule has 0 unspecified atom stereocenters. The number of epoxide rings is 1. The third kappa shape index (κ3) is 3.12. The lowest BCUT2D eigenvalue weighted by Gasteiger charge is -2.68. The average Bonchev–Trinajstić information content (AvgIpc) is 3.70. The molecule has 8 rings (SSSR count). The van der Waals surface area contributed by atoms with Crippen LogP contribution in [0, 0.1) is 17.8 Å². The minimum absolute atomic E-state index is 0.0179. The van der Waals surface area contributed by atoms with Crippen molar-refractivity contribution in [3.8, 4) is 11.5 Å². The molecular formula is C33H37ClO10. The van der Waals surface area contributed by atoms with Gasteiger partial charge in [-0.05, 0) is 68.2 Å². The van der Waals surface area contributed by atoms with Gasteiger partial charge in [0.05, 0.1) is 26.4 Å². The highest BCUT2D eigenvalue weighted by Crippen LogP contribution is 2.78. The third-order valence-electron chi connectivity index (χ3n) is 10.7. The fourth-order valence-corrected chi connectivity index (χ4v) is 9.10. The molecule has 4 bridgehead atoms. The van der Waals surface area contributed by atoms with Crippen molar-refractivity contribution in [3.63, 3.8) is 0 Å². The normalized spacial score (nSPS) is 44.0. The summed E-state index contributed by atoms with van der Waals surface area (Å²) in [6, 6.07) is 3.25. The van der Waals surface area contributed by atoms with Crippen LogP contribution in [0.5, 0.6) is 11.5 Å².